The zero-order chi connectivity index (χ0) is 8.69. The van der Waals surface area contributed by atoms with E-state index in [0.717, 1.165) is 0 Å². The second-order valence-corrected chi connectivity index (χ2v) is 1.41. The Balaban J connectivity index is 3.74. The van der Waals surface area contributed by atoms with Gasteiger partial charge < -0.3 is 16.2 Å². The van der Waals surface area contributed by atoms with Gasteiger partial charge in [0.25, 0.3) is 0 Å². The van der Waals surface area contributed by atoms with Crippen LogP contribution in [0, 0.1) is 0 Å². The molecule has 0 rings (SSSR count). The molecule has 7 heteroatoms. The molecule has 0 atom stereocenters. The van der Waals surface area contributed by atoms with Crippen LogP contribution in [0.15, 0.2) is 15.4 Å². The second kappa shape index (κ2) is 5.15. The van der Waals surface area contributed by atoms with Gasteiger partial charge in [-0.25, -0.2) is 4.79 Å². The van der Waals surface area contributed by atoms with Crippen molar-refractivity contribution in [3.05, 3.63) is 0 Å². The Morgan fingerprint density at radius 1 is 1.55 bits per heavy atom. The van der Waals surface area contributed by atoms with E-state index in [9.17, 15) is 4.79 Å². The maximum atomic E-state index is 10.4. The van der Waals surface area contributed by atoms with E-state index in [1.54, 1.807) is 6.92 Å². The van der Waals surface area contributed by atoms with Gasteiger partial charge in [0.05, 0.1) is 6.61 Å². The van der Waals surface area contributed by atoms with Crippen LogP contribution in [0.1, 0.15) is 6.92 Å². The Kier molecular flexibility index (Phi) is 4.37. The van der Waals surface area contributed by atoms with Crippen molar-refractivity contribution >= 4 is 12.1 Å². The number of amides is 1. The first-order valence-electron chi connectivity index (χ1n) is 2.83. The molecule has 0 aromatic carbocycles. The van der Waals surface area contributed by atoms with Crippen molar-refractivity contribution in [3.8, 4) is 0 Å². The monoisotopic (exact) mass is 159 g/mol. The minimum absolute atomic E-state index is 0.236. The van der Waals surface area contributed by atoms with Crippen LogP contribution in [0.2, 0.25) is 0 Å². The van der Waals surface area contributed by atoms with E-state index in [0.29, 0.717) is 0 Å². The van der Waals surface area contributed by atoms with E-state index in [-0.39, 0.29) is 12.6 Å². The van der Waals surface area contributed by atoms with Gasteiger partial charge >= 0.3 is 6.09 Å². The number of nitrogens with zero attached hydrogens (tertiary/aromatic N) is 3. The van der Waals surface area contributed by atoms with Gasteiger partial charge in [-0.3, -0.25) is 0 Å². The van der Waals surface area contributed by atoms with Crippen molar-refractivity contribution in [1.82, 2.24) is 0 Å². The average molecular weight is 159 g/mol. The Morgan fingerprint density at radius 3 is 2.64 bits per heavy atom. The van der Waals surface area contributed by atoms with Gasteiger partial charge in [-0.2, -0.15) is 0 Å². The molecule has 0 spiro atoms. The highest BCUT2D eigenvalue weighted by Crippen LogP contribution is 1.84. The molecule has 7 nitrogen and oxygen atoms in total. The highest BCUT2D eigenvalue weighted by molar-refractivity contribution is 5.75. The van der Waals surface area contributed by atoms with Crippen LogP contribution in [0.3, 0.4) is 0 Å². The zero-order valence-corrected chi connectivity index (χ0v) is 6.02. The molecule has 0 aliphatic rings. The summed E-state index contributed by atoms with van der Waals surface area (Å²) in [6.07, 6.45) is -0.822. The summed E-state index contributed by atoms with van der Waals surface area (Å²) in [5.74, 6) is -0.266. The zero-order valence-electron chi connectivity index (χ0n) is 6.02. The largest absolute Gasteiger partial charge is 0.453 e. The van der Waals surface area contributed by atoms with Crippen LogP contribution < -0.4 is 11.5 Å². The van der Waals surface area contributed by atoms with Crippen LogP contribution in [0.25, 0.3) is 0 Å². The van der Waals surface area contributed by atoms with Crippen molar-refractivity contribution in [1.29, 1.82) is 0 Å². The average Bonchev–Trinajstić information content (AvgIpc) is 1.87. The molecule has 4 N–H and O–H groups in total. The molecule has 1 amide bonds. The van der Waals surface area contributed by atoms with Crippen molar-refractivity contribution in [3.63, 3.8) is 0 Å². The van der Waals surface area contributed by atoms with Gasteiger partial charge in [-0.1, -0.05) is 10.2 Å². The summed E-state index contributed by atoms with van der Waals surface area (Å²) in [4.78, 5) is 10.4. The number of guanidine groups is 1. The summed E-state index contributed by atoms with van der Waals surface area (Å²) in [6.45, 7) is 1.88. The molecule has 0 saturated heterocycles. The maximum absolute atomic E-state index is 10.4. The number of rotatable bonds is 2. The van der Waals surface area contributed by atoms with Gasteiger partial charge in [0.15, 0.2) is 0 Å². The molecule has 0 fully saturated rings. The Morgan fingerprint density at radius 2 is 2.18 bits per heavy atom. The van der Waals surface area contributed by atoms with Gasteiger partial charge in [0.1, 0.15) is 0 Å². The predicted molar refractivity (Wildman–Crippen MR) is 37.7 cm³/mol. The Hall–Kier alpha value is -1.66. The number of carbonyl (C=O) groups is 1. The van der Waals surface area contributed by atoms with Crippen molar-refractivity contribution in [2.24, 2.45) is 26.9 Å². The van der Waals surface area contributed by atoms with Crippen molar-refractivity contribution < 1.29 is 9.53 Å². The molecule has 0 heterocycles. The Labute approximate surface area is 63.1 Å². The summed E-state index contributed by atoms with van der Waals surface area (Å²) in [6, 6.07) is 0. The third-order valence-corrected chi connectivity index (χ3v) is 0.554. The summed E-state index contributed by atoms with van der Waals surface area (Å²) in [5, 5.41) is 9.02. The molecule has 0 saturated carbocycles. The van der Waals surface area contributed by atoms with E-state index in [1.165, 1.54) is 0 Å². The van der Waals surface area contributed by atoms with Gasteiger partial charge in [-0.15, -0.1) is 0 Å². The third kappa shape index (κ3) is 6.22. The van der Waals surface area contributed by atoms with E-state index in [2.05, 4.69) is 20.2 Å². The molecule has 0 aliphatic heterocycles. The summed E-state index contributed by atoms with van der Waals surface area (Å²) in [5.41, 5.74) is 9.75. The standard InChI is InChI=1S/C4H9N5O2/c1-2-11-4(10)8-9-7-3(5)6/h2H2,1H3,(H4,5,6,7,8,10). The lowest BCUT2D eigenvalue weighted by Gasteiger charge is -1.90. The van der Waals surface area contributed by atoms with E-state index in [1.807, 2.05) is 0 Å². The number of hydrogen-bond acceptors (Lipinski definition) is 3. The molecule has 11 heavy (non-hydrogen) atoms. The lowest BCUT2D eigenvalue weighted by molar-refractivity contribution is 0.161. The second-order valence-electron chi connectivity index (χ2n) is 1.41. The minimum atomic E-state index is -0.822. The van der Waals surface area contributed by atoms with E-state index in [4.69, 9.17) is 11.5 Å². The highest BCUT2D eigenvalue weighted by Gasteiger charge is 1.94. The number of hydrogen-bond donors (Lipinski definition) is 2. The first-order chi connectivity index (χ1) is 5.16. The van der Waals surface area contributed by atoms with Gasteiger partial charge in [-0.05, 0) is 12.1 Å². The van der Waals surface area contributed by atoms with Crippen molar-refractivity contribution in [2.45, 2.75) is 6.92 Å². The van der Waals surface area contributed by atoms with Crippen LogP contribution in [0.4, 0.5) is 4.79 Å². The number of ether oxygens (including phenoxy) is 1. The number of nitrogens with two attached hydrogens (primary N) is 2. The van der Waals surface area contributed by atoms with E-state index < -0.39 is 6.09 Å². The summed E-state index contributed by atoms with van der Waals surface area (Å²) in [7, 11) is 0. The fourth-order valence-corrected chi connectivity index (χ4v) is 0.263. The lowest BCUT2D eigenvalue weighted by atomic mass is 10.9. The molecule has 62 valence electrons. The summed E-state index contributed by atoms with van der Waals surface area (Å²) < 4.78 is 4.37. The molecule has 0 aliphatic carbocycles. The van der Waals surface area contributed by atoms with E-state index >= 15 is 0 Å². The lowest BCUT2D eigenvalue weighted by Crippen LogP contribution is -2.21. The van der Waals surface area contributed by atoms with Gasteiger partial charge in [0.2, 0.25) is 5.96 Å². The molecule has 0 unspecified atom stereocenters. The molecular weight excluding hydrogens is 150 g/mol. The minimum Gasteiger partial charge on any atom is -0.447 e. The SMILES string of the molecule is CCOC(=O)/N=N/N=C(N)N. The van der Waals surface area contributed by atoms with Crippen LogP contribution in [-0.2, 0) is 4.74 Å². The summed E-state index contributed by atoms with van der Waals surface area (Å²) >= 11 is 0. The third-order valence-electron chi connectivity index (χ3n) is 0.554. The molecule has 0 aromatic rings. The molecule has 0 bridgehead atoms. The smallest absolute Gasteiger partial charge is 0.447 e. The fourth-order valence-electron chi connectivity index (χ4n) is 0.263. The molecule has 0 radical (unpaired) electrons. The van der Waals surface area contributed by atoms with Crippen LogP contribution >= 0.6 is 0 Å². The first kappa shape index (κ1) is 9.34. The molecular formula is C4H9N5O2. The Bertz CT molecular complexity index is 183. The van der Waals surface area contributed by atoms with Crippen molar-refractivity contribution in [2.75, 3.05) is 6.61 Å². The normalized spacial score (nSPS) is 9.55. The quantitative estimate of drug-likeness (QED) is 0.251. The molecule has 0 aromatic heterocycles. The first-order valence-corrected chi connectivity index (χ1v) is 2.83. The number of carbonyl (C=O) groups excluding carboxylic acids is 1. The maximum Gasteiger partial charge on any atom is 0.453 e. The highest BCUT2D eigenvalue weighted by atomic mass is 16.5. The van der Waals surface area contributed by atoms with Crippen LogP contribution in [-0.4, -0.2) is 18.7 Å². The topological polar surface area (TPSA) is 115 Å². The van der Waals surface area contributed by atoms with Gasteiger partial charge in [0, 0.05) is 0 Å². The predicted octanol–water partition coefficient (Wildman–Crippen LogP) is -0.217. The van der Waals surface area contributed by atoms with Crippen LogP contribution in [0.5, 0.6) is 0 Å². The fraction of sp³-hybridized carbons (Fsp3) is 0.500.